The van der Waals surface area contributed by atoms with Crippen molar-refractivity contribution in [1.82, 2.24) is 0 Å². The molecular formula is C14H12N2O2S. The number of benzene rings is 2. The van der Waals surface area contributed by atoms with Gasteiger partial charge in [-0.05, 0) is 18.6 Å². The first-order chi connectivity index (χ1) is 9.16. The van der Waals surface area contributed by atoms with Gasteiger partial charge in [-0.1, -0.05) is 36.4 Å². The van der Waals surface area contributed by atoms with Gasteiger partial charge in [0.05, 0.1) is 10.6 Å². The van der Waals surface area contributed by atoms with E-state index in [1.165, 1.54) is 24.1 Å². The molecule has 0 fully saturated rings. The molecule has 96 valence electrons. The van der Waals surface area contributed by atoms with Gasteiger partial charge < -0.3 is 0 Å². The second-order valence-corrected chi connectivity index (χ2v) is 4.73. The number of nitro groups is 1. The molecule has 0 unspecified atom stereocenters. The zero-order valence-corrected chi connectivity index (χ0v) is 11.1. The van der Waals surface area contributed by atoms with Crippen molar-refractivity contribution < 1.29 is 4.92 Å². The van der Waals surface area contributed by atoms with E-state index in [4.69, 9.17) is 0 Å². The summed E-state index contributed by atoms with van der Waals surface area (Å²) in [5.41, 5.74) is 2.01. The number of hydrogen-bond donors (Lipinski definition) is 0. The van der Waals surface area contributed by atoms with Crippen LogP contribution in [0.1, 0.15) is 12.5 Å². The Bertz CT molecular complexity index is 612. The van der Waals surface area contributed by atoms with Crippen LogP contribution >= 0.6 is 11.9 Å². The van der Waals surface area contributed by atoms with Crippen LogP contribution < -0.4 is 0 Å². The van der Waals surface area contributed by atoms with Crippen LogP contribution in [0.4, 0.5) is 5.69 Å². The highest BCUT2D eigenvalue weighted by Crippen LogP contribution is 2.24. The van der Waals surface area contributed by atoms with Crippen LogP contribution in [0.3, 0.4) is 0 Å². The monoisotopic (exact) mass is 272 g/mol. The summed E-state index contributed by atoms with van der Waals surface area (Å²) in [7, 11) is 0. The second kappa shape index (κ2) is 6.15. The molecule has 2 aromatic carbocycles. The van der Waals surface area contributed by atoms with E-state index in [0.29, 0.717) is 0 Å². The molecule has 0 atom stereocenters. The van der Waals surface area contributed by atoms with E-state index in [0.717, 1.165) is 16.2 Å². The highest BCUT2D eigenvalue weighted by atomic mass is 32.2. The molecule has 4 nitrogen and oxygen atoms in total. The van der Waals surface area contributed by atoms with E-state index < -0.39 is 4.92 Å². The fourth-order valence-corrected chi connectivity index (χ4v) is 2.17. The molecule has 0 radical (unpaired) electrons. The summed E-state index contributed by atoms with van der Waals surface area (Å²) in [5.74, 6) is 0. The van der Waals surface area contributed by atoms with Gasteiger partial charge in [-0.25, -0.2) is 4.40 Å². The van der Waals surface area contributed by atoms with Gasteiger partial charge in [0.15, 0.2) is 0 Å². The van der Waals surface area contributed by atoms with Crippen molar-refractivity contribution >= 4 is 23.3 Å². The fourth-order valence-electron chi connectivity index (χ4n) is 1.51. The molecule has 19 heavy (non-hydrogen) atoms. The maximum Gasteiger partial charge on any atom is 0.270 e. The Hall–Kier alpha value is -2.14. The minimum atomic E-state index is -0.405. The number of rotatable bonds is 4. The third-order valence-electron chi connectivity index (χ3n) is 2.51. The van der Waals surface area contributed by atoms with Gasteiger partial charge >= 0.3 is 0 Å². The van der Waals surface area contributed by atoms with Crippen molar-refractivity contribution in [2.24, 2.45) is 4.40 Å². The van der Waals surface area contributed by atoms with Crippen LogP contribution in [-0.2, 0) is 0 Å². The van der Waals surface area contributed by atoms with Crippen LogP contribution in [0.15, 0.2) is 63.9 Å². The van der Waals surface area contributed by atoms with Crippen LogP contribution in [-0.4, -0.2) is 10.6 Å². The largest absolute Gasteiger partial charge is 0.270 e. The molecule has 0 N–H and O–H groups in total. The minimum absolute atomic E-state index is 0.0811. The molecule has 0 amide bonds. The number of hydrogen-bond acceptors (Lipinski definition) is 4. The molecule has 2 aromatic rings. The average molecular weight is 272 g/mol. The molecule has 5 heteroatoms. The average Bonchev–Trinajstić information content (AvgIpc) is 2.46. The van der Waals surface area contributed by atoms with Crippen LogP contribution in [0, 0.1) is 10.1 Å². The van der Waals surface area contributed by atoms with Crippen molar-refractivity contribution in [2.75, 3.05) is 0 Å². The molecule has 0 bridgehead atoms. The molecule has 0 aliphatic carbocycles. The molecule has 0 aliphatic heterocycles. The first-order valence-corrected chi connectivity index (χ1v) is 6.45. The Morgan fingerprint density at radius 1 is 1.16 bits per heavy atom. The van der Waals surface area contributed by atoms with Crippen molar-refractivity contribution in [1.29, 1.82) is 0 Å². The number of nitrogens with zero attached hydrogens (tertiary/aromatic N) is 2. The lowest BCUT2D eigenvalue weighted by Crippen LogP contribution is -1.92. The molecule has 0 aliphatic rings. The highest BCUT2D eigenvalue weighted by molar-refractivity contribution is 7.98. The molecule has 0 heterocycles. The Kier molecular flexibility index (Phi) is 4.30. The lowest BCUT2D eigenvalue weighted by Gasteiger charge is -2.00. The Morgan fingerprint density at radius 3 is 2.58 bits per heavy atom. The van der Waals surface area contributed by atoms with Gasteiger partial charge in [0, 0.05) is 29.0 Å². The van der Waals surface area contributed by atoms with E-state index in [2.05, 4.69) is 4.40 Å². The van der Waals surface area contributed by atoms with E-state index in [1.807, 2.05) is 37.3 Å². The van der Waals surface area contributed by atoms with Crippen molar-refractivity contribution in [2.45, 2.75) is 11.8 Å². The van der Waals surface area contributed by atoms with E-state index in [-0.39, 0.29) is 5.69 Å². The van der Waals surface area contributed by atoms with Gasteiger partial charge in [-0.15, -0.1) is 0 Å². The van der Waals surface area contributed by atoms with Gasteiger partial charge in [-0.3, -0.25) is 10.1 Å². The summed E-state index contributed by atoms with van der Waals surface area (Å²) >= 11 is 1.24. The summed E-state index contributed by atoms with van der Waals surface area (Å²) in [6.07, 6.45) is 0. The zero-order valence-electron chi connectivity index (χ0n) is 10.3. The van der Waals surface area contributed by atoms with Crippen LogP contribution in [0.5, 0.6) is 0 Å². The lowest BCUT2D eigenvalue weighted by atomic mass is 10.1. The predicted octanol–water partition coefficient (Wildman–Crippen LogP) is 4.11. The number of nitro benzene ring substituents is 1. The smallest absolute Gasteiger partial charge is 0.258 e. The standard InChI is InChI=1S/C14H12N2O2S/c1-11(12-6-3-2-4-7-12)15-19-14-9-5-8-13(10-14)16(17)18/h2-10H,1H3/b15-11-. The van der Waals surface area contributed by atoms with E-state index >= 15 is 0 Å². The van der Waals surface area contributed by atoms with Crippen LogP contribution in [0.25, 0.3) is 0 Å². The summed E-state index contributed by atoms with van der Waals surface area (Å²) in [6.45, 7) is 1.92. The molecule has 0 aromatic heterocycles. The Balaban J connectivity index is 2.14. The molecular weight excluding hydrogens is 260 g/mol. The van der Waals surface area contributed by atoms with Crippen molar-refractivity contribution in [3.63, 3.8) is 0 Å². The summed E-state index contributed by atoms with van der Waals surface area (Å²) in [5, 5.41) is 10.7. The van der Waals surface area contributed by atoms with Crippen molar-refractivity contribution in [3.8, 4) is 0 Å². The van der Waals surface area contributed by atoms with E-state index in [9.17, 15) is 10.1 Å². The number of non-ortho nitro benzene ring substituents is 1. The zero-order chi connectivity index (χ0) is 13.7. The lowest BCUT2D eigenvalue weighted by molar-refractivity contribution is -0.385. The summed E-state index contributed by atoms with van der Waals surface area (Å²) in [6, 6.07) is 16.3. The van der Waals surface area contributed by atoms with Crippen LogP contribution in [0.2, 0.25) is 0 Å². The first-order valence-electron chi connectivity index (χ1n) is 5.68. The third kappa shape index (κ3) is 3.66. The Labute approximate surface area is 115 Å². The fraction of sp³-hybridized carbons (Fsp3) is 0.0714. The molecule has 0 saturated carbocycles. The van der Waals surface area contributed by atoms with Gasteiger partial charge in [0.2, 0.25) is 0 Å². The maximum absolute atomic E-state index is 10.7. The quantitative estimate of drug-likeness (QED) is 0.364. The normalized spacial score (nSPS) is 11.3. The first kappa shape index (κ1) is 13.3. The molecule has 2 rings (SSSR count). The van der Waals surface area contributed by atoms with Gasteiger partial charge in [-0.2, -0.15) is 0 Å². The second-order valence-electron chi connectivity index (χ2n) is 3.89. The molecule has 0 spiro atoms. The SMILES string of the molecule is C/C(=N/Sc1cccc([N+](=O)[O-])c1)c1ccccc1. The maximum atomic E-state index is 10.7. The van der Waals surface area contributed by atoms with Crippen molar-refractivity contribution in [3.05, 3.63) is 70.3 Å². The topological polar surface area (TPSA) is 55.5 Å². The van der Waals surface area contributed by atoms with E-state index in [1.54, 1.807) is 12.1 Å². The van der Waals surface area contributed by atoms with Gasteiger partial charge in [0.25, 0.3) is 5.69 Å². The minimum Gasteiger partial charge on any atom is -0.258 e. The summed E-state index contributed by atoms with van der Waals surface area (Å²) in [4.78, 5) is 11.0. The molecule has 0 saturated heterocycles. The third-order valence-corrected chi connectivity index (χ3v) is 3.34. The highest BCUT2D eigenvalue weighted by Gasteiger charge is 2.05. The summed E-state index contributed by atoms with van der Waals surface area (Å²) < 4.78 is 4.38. The predicted molar refractivity (Wildman–Crippen MR) is 77.6 cm³/mol. The van der Waals surface area contributed by atoms with Gasteiger partial charge in [0.1, 0.15) is 0 Å². The Morgan fingerprint density at radius 2 is 1.89 bits per heavy atom.